The summed E-state index contributed by atoms with van der Waals surface area (Å²) in [6.07, 6.45) is 8.45. The van der Waals surface area contributed by atoms with Crippen LogP contribution in [0, 0.1) is 19.8 Å². The van der Waals surface area contributed by atoms with Crippen LogP contribution in [0.15, 0.2) is 48.9 Å². The maximum absolute atomic E-state index is 13.7. The molecule has 2 saturated heterocycles. The van der Waals surface area contributed by atoms with Gasteiger partial charge in [-0.05, 0) is 68.9 Å². The first kappa shape index (κ1) is 19.6. The van der Waals surface area contributed by atoms with Crippen molar-refractivity contribution >= 4 is 11.7 Å². The molecule has 158 valence electrons. The molecule has 1 saturated carbocycles. The summed E-state index contributed by atoms with van der Waals surface area (Å²) in [5, 5.41) is 3.58. The van der Waals surface area contributed by atoms with Gasteiger partial charge in [0.05, 0.1) is 11.6 Å². The Hall–Kier alpha value is -3.35. The Morgan fingerprint density at radius 3 is 2.65 bits per heavy atom. The van der Waals surface area contributed by atoms with Crippen LogP contribution in [-0.2, 0) is 0 Å². The molecule has 1 aliphatic carbocycles. The highest BCUT2D eigenvalue weighted by Gasteiger charge is 2.44. The van der Waals surface area contributed by atoms with Crippen LogP contribution in [0.4, 0.5) is 5.82 Å². The summed E-state index contributed by atoms with van der Waals surface area (Å²) in [4.78, 5) is 33.6. The molecule has 0 aromatic carbocycles. The fraction of sp³-hybridized carbons (Fsp3) is 0.375. The van der Waals surface area contributed by atoms with Crippen LogP contribution in [0.5, 0.6) is 0 Å². The highest BCUT2D eigenvalue weighted by atomic mass is 16.2. The molecule has 2 bridgehead atoms. The smallest absolute Gasteiger partial charge is 0.273 e. The molecule has 7 nitrogen and oxygen atoms in total. The van der Waals surface area contributed by atoms with E-state index in [0.29, 0.717) is 23.0 Å². The summed E-state index contributed by atoms with van der Waals surface area (Å²) in [5.41, 5.74) is 3.06. The zero-order valence-electron chi connectivity index (χ0n) is 17.8. The highest BCUT2D eigenvalue weighted by Crippen LogP contribution is 2.38. The number of carbonyl (C=O) groups excluding carboxylic acids is 1. The summed E-state index contributed by atoms with van der Waals surface area (Å²) in [6, 6.07) is 9.95. The van der Waals surface area contributed by atoms with Gasteiger partial charge in [-0.1, -0.05) is 6.07 Å². The van der Waals surface area contributed by atoms with Gasteiger partial charge in [-0.3, -0.25) is 4.79 Å². The second-order valence-corrected chi connectivity index (χ2v) is 8.60. The minimum Gasteiger partial charge on any atom is -0.365 e. The van der Waals surface area contributed by atoms with Crippen LogP contribution in [0.25, 0.3) is 11.4 Å². The van der Waals surface area contributed by atoms with Gasteiger partial charge in [-0.25, -0.2) is 19.9 Å². The third kappa shape index (κ3) is 3.87. The van der Waals surface area contributed by atoms with E-state index in [1.54, 1.807) is 18.5 Å². The van der Waals surface area contributed by atoms with Crippen molar-refractivity contribution in [2.45, 2.75) is 45.2 Å². The zero-order valence-corrected chi connectivity index (χ0v) is 17.8. The van der Waals surface area contributed by atoms with Crippen molar-refractivity contribution in [3.8, 4) is 11.4 Å². The molecule has 3 aromatic heterocycles. The van der Waals surface area contributed by atoms with E-state index in [4.69, 9.17) is 0 Å². The van der Waals surface area contributed by atoms with Gasteiger partial charge in [0.25, 0.3) is 5.91 Å². The number of aryl methyl sites for hydroxylation is 2. The second-order valence-electron chi connectivity index (χ2n) is 8.60. The van der Waals surface area contributed by atoms with Crippen molar-refractivity contribution in [2.24, 2.45) is 5.92 Å². The predicted octanol–water partition coefficient (Wildman–Crippen LogP) is 3.66. The van der Waals surface area contributed by atoms with Gasteiger partial charge in [-0.15, -0.1) is 0 Å². The molecule has 0 unspecified atom stereocenters. The number of fused-ring (bicyclic) bond motifs is 3. The Morgan fingerprint density at radius 1 is 1.06 bits per heavy atom. The lowest BCUT2D eigenvalue weighted by molar-refractivity contribution is 0.0277. The Balaban J connectivity index is 1.44. The molecule has 31 heavy (non-hydrogen) atoms. The van der Waals surface area contributed by atoms with Crippen LogP contribution in [0.3, 0.4) is 0 Å². The monoisotopic (exact) mass is 414 g/mol. The van der Waals surface area contributed by atoms with Crippen molar-refractivity contribution < 1.29 is 4.79 Å². The molecule has 2 aliphatic heterocycles. The van der Waals surface area contributed by atoms with Crippen LogP contribution >= 0.6 is 0 Å². The summed E-state index contributed by atoms with van der Waals surface area (Å²) in [6.45, 7) is 4.71. The predicted molar refractivity (Wildman–Crippen MR) is 119 cm³/mol. The number of aromatic nitrogens is 4. The zero-order chi connectivity index (χ0) is 21.4. The number of hydrogen-bond acceptors (Lipinski definition) is 6. The maximum Gasteiger partial charge on any atom is 0.273 e. The van der Waals surface area contributed by atoms with E-state index < -0.39 is 0 Å². The number of nitrogens with zero attached hydrogens (tertiary/aromatic N) is 5. The summed E-state index contributed by atoms with van der Waals surface area (Å²) in [5.74, 6) is 1.84. The highest BCUT2D eigenvalue weighted by molar-refractivity contribution is 5.98. The first-order chi connectivity index (χ1) is 15.1. The van der Waals surface area contributed by atoms with Crippen LogP contribution < -0.4 is 5.32 Å². The lowest BCUT2D eigenvalue weighted by Gasteiger charge is -2.50. The van der Waals surface area contributed by atoms with Gasteiger partial charge in [0.1, 0.15) is 11.5 Å². The lowest BCUT2D eigenvalue weighted by Crippen LogP contribution is -2.60. The fourth-order valence-electron chi connectivity index (χ4n) is 4.80. The van der Waals surface area contributed by atoms with E-state index in [9.17, 15) is 4.79 Å². The molecule has 3 atom stereocenters. The topological polar surface area (TPSA) is 83.9 Å². The molecular formula is C24H26N6O. The third-order valence-corrected chi connectivity index (χ3v) is 6.33. The average molecular weight is 415 g/mol. The Bertz CT molecular complexity index is 1080. The van der Waals surface area contributed by atoms with Crippen LogP contribution in [0.1, 0.15) is 41.0 Å². The molecule has 0 radical (unpaired) electrons. The molecule has 5 heterocycles. The molecule has 1 N–H and O–H groups in total. The fourth-order valence-corrected chi connectivity index (χ4v) is 4.80. The number of pyridine rings is 2. The Morgan fingerprint density at radius 2 is 1.90 bits per heavy atom. The largest absolute Gasteiger partial charge is 0.365 e. The average Bonchev–Trinajstić information content (AvgIpc) is 2.81. The van der Waals surface area contributed by atoms with Crippen LogP contribution in [0.2, 0.25) is 0 Å². The van der Waals surface area contributed by atoms with E-state index >= 15 is 0 Å². The maximum atomic E-state index is 13.7. The number of amides is 1. The van der Waals surface area contributed by atoms with E-state index in [2.05, 4.69) is 31.3 Å². The number of carbonyl (C=O) groups is 1. The van der Waals surface area contributed by atoms with Crippen molar-refractivity contribution in [3.63, 3.8) is 0 Å². The van der Waals surface area contributed by atoms with E-state index in [0.717, 1.165) is 42.9 Å². The minimum absolute atomic E-state index is 0.0378. The van der Waals surface area contributed by atoms with Gasteiger partial charge in [0.2, 0.25) is 0 Å². The SMILES string of the molecule is Cc1ccc(N[C@@H]2C[C@H]3CC[C@@H]2N(C(=O)c2nc(C)ccc2-c2ncccn2)C3)nc1. The molecule has 3 aromatic rings. The van der Waals surface area contributed by atoms with E-state index in [1.807, 2.05) is 43.1 Å². The van der Waals surface area contributed by atoms with Crippen LogP contribution in [-0.4, -0.2) is 49.4 Å². The van der Waals surface area contributed by atoms with E-state index in [1.165, 1.54) is 0 Å². The number of nitrogens with one attached hydrogen (secondary N) is 1. The second kappa shape index (κ2) is 8.06. The first-order valence-corrected chi connectivity index (χ1v) is 10.8. The number of rotatable bonds is 4. The van der Waals surface area contributed by atoms with Gasteiger partial charge in [0.15, 0.2) is 5.82 Å². The van der Waals surface area contributed by atoms with Gasteiger partial charge >= 0.3 is 0 Å². The first-order valence-electron chi connectivity index (χ1n) is 10.8. The van der Waals surface area contributed by atoms with Gasteiger partial charge in [0, 0.05) is 36.9 Å². The molecular weight excluding hydrogens is 388 g/mol. The lowest BCUT2D eigenvalue weighted by atomic mass is 9.76. The number of anilines is 1. The van der Waals surface area contributed by atoms with Crippen molar-refractivity contribution in [3.05, 3.63) is 65.9 Å². The number of hydrogen-bond donors (Lipinski definition) is 1. The Kier molecular flexibility index (Phi) is 5.10. The van der Waals surface area contributed by atoms with Crippen molar-refractivity contribution in [1.82, 2.24) is 24.8 Å². The standard InChI is InChI=1S/C24H26N6O/c1-15-4-9-21(27-13-15)29-19-12-17-6-8-20(19)30(14-17)24(31)22-18(7-5-16(2)28-22)23-25-10-3-11-26-23/h3-5,7,9-11,13,17,19-20H,6,8,12,14H2,1-2H3,(H,27,29)/t17-,19-,20+/m1/s1. The Labute approximate surface area is 182 Å². The normalized spacial score (nSPS) is 22.4. The minimum atomic E-state index is -0.0378. The van der Waals surface area contributed by atoms with Crippen molar-refractivity contribution in [2.75, 3.05) is 11.9 Å². The molecule has 7 heteroatoms. The van der Waals surface area contributed by atoms with Crippen molar-refractivity contribution in [1.29, 1.82) is 0 Å². The molecule has 3 fully saturated rings. The molecule has 1 amide bonds. The quantitative estimate of drug-likeness (QED) is 0.701. The van der Waals surface area contributed by atoms with Gasteiger partial charge in [-0.2, -0.15) is 0 Å². The third-order valence-electron chi connectivity index (χ3n) is 6.33. The summed E-state index contributed by atoms with van der Waals surface area (Å²) in [7, 11) is 0. The number of piperidine rings is 2. The molecule has 0 spiro atoms. The summed E-state index contributed by atoms with van der Waals surface area (Å²) < 4.78 is 0. The van der Waals surface area contributed by atoms with E-state index in [-0.39, 0.29) is 18.0 Å². The van der Waals surface area contributed by atoms with Gasteiger partial charge < -0.3 is 10.2 Å². The molecule has 3 aliphatic rings. The summed E-state index contributed by atoms with van der Waals surface area (Å²) >= 11 is 0. The molecule has 6 rings (SSSR count).